The third-order valence-electron chi connectivity index (χ3n) is 6.60. The molecule has 0 radical (unpaired) electrons. The van der Waals surface area contributed by atoms with E-state index >= 15 is 0 Å². The maximum atomic E-state index is 11.3. The van der Waals surface area contributed by atoms with Crippen LogP contribution in [-0.4, -0.2) is 32.1 Å². The number of aromatic hydroxyl groups is 3. The zero-order valence-corrected chi connectivity index (χ0v) is 21.0. The van der Waals surface area contributed by atoms with Crippen LogP contribution >= 0.6 is 0 Å². The van der Waals surface area contributed by atoms with Gasteiger partial charge in [-0.25, -0.2) is 0 Å². The van der Waals surface area contributed by atoms with Crippen LogP contribution in [-0.2, 0) is 12.8 Å². The van der Waals surface area contributed by atoms with Gasteiger partial charge in [0.1, 0.15) is 28.4 Å². The molecule has 4 rings (SSSR count). The lowest BCUT2D eigenvalue weighted by Crippen LogP contribution is -2.46. The summed E-state index contributed by atoms with van der Waals surface area (Å²) in [6.45, 7) is 9.84. The second-order valence-corrected chi connectivity index (χ2v) is 10.2. The Hall–Kier alpha value is -3.38. The van der Waals surface area contributed by atoms with Crippen LogP contribution in [0.15, 0.2) is 52.0 Å². The molecule has 6 heteroatoms. The zero-order valence-electron chi connectivity index (χ0n) is 21.0. The molecule has 3 aromatic rings. The molecule has 6 nitrogen and oxygen atoms in total. The second kappa shape index (κ2) is 9.34. The van der Waals surface area contributed by atoms with Gasteiger partial charge in [-0.05, 0) is 72.1 Å². The van der Waals surface area contributed by atoms with E-state index in [2.05, 4.69) is 32.9 Å². The maximum Gasteiger partial charge on any atom is 0.166 e. The molecule has 2 aromatic carbocycles. The molecule has 0 spiro atoms. The predicted molar refractivity (Wildman–Crippen MR) is 137 cm³/mol. The quantitative estimate of drug-likeness (QED) is 0.301. The third kappa shape index (κ3) is 5.03. The highest BCUT2D eigenvalue weighted by molar-refractivity contribution is 5.93. The van der Waals surface area contributed by atoms with Crippen LogP contribution in [0.1, 0.15) is 58.6 Å². The molecule has 0 saturated heterocycles. The molecule has 0 bridgehead atoms. The smallest absolute Gasteiger partial charge is 0.166 e. The summed E-state index contributed by atoms with van der Waals surface area (Å²) in [6, 6.07) is 6.07. The number of allylic oxidation sites excluding steroid dienone is 4. The van der Waals surface area contributed by atoms with Gasteiger partial charge in [-0.2, -0.15) is 0 Å². The van der Waals surface area contributed by atoms with Gasteiger partial charge in [0.25, 0.3) is 0 Å². The number of ether oxygens (including phenoxy) is 1. The molecule has 1 atom stereocenters. The van der Waals surface area contributed by atoms with Gasteiger partial charge in [0.2, 0.25) is 0 Å². The topological polar surface area (TPSA) is 103 Å². The summed E-state index contributed by atoms with van der Waals surface area (Å²) >= 11 is 0. The summed E-state index contributed by atoms with van der Waals surface area (Å²) in [7, 11) is 0. The molecule has 0 aliphatic carbocycles. The zero-order chi connectivity index (χ0) is 25.5. The number of benzene rings is 2. The van der Waals surface area contributed by atoms with E-state index in [4.69, 9.17) is 9.15 Å². The number of hydrogen-bond acceptors (Lipinski definition) is 6. The number of furan rings is 1. The van der Waals surface area contributed by atoms with E-state index in [9.17, 15) is 20.4 Å². The van der Waals surface area contributed by atoms with Crippen LogP contribution in [0, 0.1) is 0 Å². The molecule has 0 saturated carbocycles. The van der Waals surface area contributed by atoms with Crippen molar-refractivity contribution in [3.05, 3.63) is 58.7 Å². The maximum absolute atomic E-state index is 11.3. The molecule has 1 aliphatic heterocycles. The Balaban J connectivity index is 1.84. The molecule has 186 valence electrons. The van der Waals surface area contributed by atoms with Crippen LogP contribution in [0.3, 0.4) is 0 Å². The van der Waals surface area contributed by atoms with Crippen molar-refractivity contribution in [1.82, 2.24) is 0 Å². The van der Waals surface area contributed by atoms with Crippen molar-refractivity contribution in [2.24, 2.45) is 0 Å². The van der Waals surface area contributed by atoms with Crippen molar-refractivity contribution in [2.45, 2.75) is 72.0 Å². The molecule has 1 aliphatic rings. The van der Waals surface area contributed by atoms with Crippen molar-refractivity contribution < 1.29 is 29.6 Å². The molecule has 1 unspecified atom stereocenters. The molecule has 4 N–H and O–H groups in total. The van der Waals surface area contributed by atoms with Crippen molar-refractivity contribution in [2.75, 3.05) is 0 Å². The van der Waals surface area contributed by atoms with Crippen molar-refractivity contribution in [3.8, 4) is 34.3 Å². The largest absolute Gasteiger partial charge is 0.508 e. The summed E-state index contributed by atoms with van der Waals surface area (Å²) in [6.07, 6.45) is 6.15. The Kier molecular flexibility index (Phi) is 6.60. The Morgan fingerprint density at radius 2 is 1.71 bits per heavy atom. The molecular weight excluding hydrogens is 444 g/mol. The monoisotopic (exact) mass is 478 g/mol. The van der Waals surface area contributed by atoms with E-state index in [1.54, 1.807) is 13.8 Å². The van der Waals surface area contributed by atoms with Crippen molar-refractivity contribution >= 4 is 11.0 Å². The number of hydrogen-bond donors (Lipinski definition) is 4. The lowest BCUT2D eigenvalue weighted by atomic mass is 9.87. The summed E-state index contributed by atoms with van der Waals surface area (Å²) in [5.74, 6) is 0.649. The number of aliphatic hydroxyl groups is 1. The lowest BCUT2D eigenvalue weighted by Gasteiger charge is -2.37. The van der Waals surface area contributed by atoms with Crippen LogP contribution in [0.2, 0.25) is 0 Å². The molecule has 0 fully saturated rings. The first kappa shape index (κ1) is 24.7. The Morgan fingerprint density at radius 3 is 2.37 bits per heavy atom. The first-order chi connectivity index (χ1) is 16.5. The van der Waals surface area contributed by atoms with Gasteiger partial charge < -0.3 is 29.6 Å². The Labute approximate surface area is 205 Å². The van der Waals surface area contributed by atoms with Gasteiger partial charge in [0.05, 0.1) is 6.10 Å². The number of phenols is 3. The standard InChI is InChI=1S/C29H34O6/c1-16(2)7-6-8-17(3)9-10-21-26(33)28-23(15-25(32)29(4,5)35-28)22-14-24(34-27(21)22)18-11-19(30)13-20(31)12-18/h7,9,11-14,25,30-33H,6,8,10,15H2,1-5H3. The predicted octanol–water partition coefficient (Wildman–Crippen LogP) is 6.53. The molecule has 2 heterocycles. The van der Waals surface area contributed by atoms with E-state index < -0.39 is 11.7 Å². The number of aliphatic hydroxyl groups excluding tert-OH is 1. The average Bonchev–Trinajstić information content (AvgIpc) is 3.19. The van der Waals surface area contributed by atoms with Gasteiger partial charge in [-0.3, -0.25) is 0 Å². The molecule has 0 amide bonds. The average molecular weight is 479 g/mol. The normalized spacial score (nSPS) is 17.2. The number of phenolic OH excluding ortho intramolecular Hbond substituents is 3. The van der Waals surface area contributed by atoms with Crippen LogP contribution in [0.25, 0.3) is 22.3 Å². The van der Waals surface area contributed by atoms with E-state index in [0.29, 0.717) is 46.6 Å². The summed E-state index contributed by atoms with van der Waals surface area (Å²) in [5, 5.41) is 42.6. The fourth-order valence-electron chi connectivity index (χ4n) is 4.47. The first-order valence-electron chi connectivity index (χ1n) is 12.0. The van der Waals surface area contributed by atoms with E-state index in [1.165, 1.54) is 29.3 Å². The summed E-state index contributed by atoms with van der Waals surface area (Å²) in [4.78, 5) is 0. The van der Waals surface area contributed by atoms with E-state index in [0.717, 1.165) is 18.2 Å². The fraction of sp³-hybridized carbons (Fsp3) is 0.379. The fourth-order valence-corrected chi connectivity index (χ4v) is 4.47. The minimum Gasteiger partial charge on any atom is -0.508 e. The highest BCUT2D eigenvalue weighted by Gasteiger charge is 2.39. The second-order valence-electron chi connectivity index (χ2n) is 10.2. The Bertz CT molecular complexity index is 1300. The van der Waals surface area contributed by atoms with Gasteiger partial charge in [-0.15, -0.1) is 0 Å². The van der Waals surface area contributed by atoms with Crippen LogP contribution in [0.5, 0.6) is 23.0 Å². The first-order valence-corrected chi connectivity index (χ1v) is 12.0. The molecule has 1 aromatic heterocycles. The number of fused-ring (bicyclic) bond motifs is 3. The molecule has 35 heavy (non-hydrogen) atoms. The lowest BCUT2D eigenvalue weighted by molar-refractivity contribution is -0.0421. The van der Waals surface area contributed by atoms with E-state index in [-0.39, 0.29) is 17.2 Å². The third-order valence-corrected chi connectivity index (χ3v) is 6.60. The number of rotatable bonds is 6. The summed E-state index contributed by atoms with van der Waals surface area (Å²) in [5.41, 5.74) is 3.92. The van der Waals surface area contributed by atoms with Gasteiger partial charge in [0.15, 0.2) is 11.5 Å². The van der Waals surface area contributed by atoms with Gasteiger partial charge in [0, 0.05) is 34.6 Å². The Morgan fingerprint density at radius 1 is 1.03 bits per heavy atom. The van der Waals surface area contributed by atoms with Crippen LogP contribution in [0.4, 0.5) is 0 Å². The minimum absolute atomic E-state index is 0.0143. The highest BCUT2D eigenvalue weighted by Crippen LogP contribution is 2.49. The SMILES string of the molecule is CC(C)=CCCC(C)=CCc1c(O)c2c(c3cc(-c4cc(O)cc(O)c4)oc13)CC(O)C(C)(C)O2. The van der Waals surface area contributed by atoms with Crippen molar-refractivity contribution in [3.63, 3.8) is 0 Å². The van der Waals surface area contributed by atoms with Crippen LogP contribution < -0.4 is 4.74 Å². The highest BCUT2D eigenvalue weighted by atomic mass is 16.5. The van der Waals surface area contributed by atoms with Gasteiger partial charge in [-0.1, -0.05) is 23.3 Å². The minimum atomic E-state index is -0.852. The van der Waals surface area contributed by atoms with Gasteiger partial charge >= 0.3 is 0 Å². The van der Waals surface area contributed by atoms with E-state index in [1.807, 2.05) is 6.07 Å². The van der Waals surface area contributed by atoms with Crippen molar-refractivity contribution in [1.29, 1.82) is 0 Å². The summed E-state index contributed by atoms with van der Waals surface area (Å²) < 4.78 is 12.3. The molecular formula is C29H34O6.